The van der Waals surface area contributed by atoms with Gasteiger partial charge in [0, 0.05) is 11.4 Å². The molecule has 6 heteroatoms. The summed E-state index contributed by atoms with van der Waals surface area (Å²) in [6, 6.07) is 22.3. The van der Waals surface area contributed by atoms with Crippen molar-refractivity contribution in [1.82, 2.24) is 0 Å². The van der Waals surface area contributed by atoms with E-state index >= 15 is 0 Å². The van der Waals surface area contributed by atoms with E-state index in [0.29, 0.717) is 11.3 Å². The van der Waals surface area contributed by atoms with Crippen LogP contribution in [0.5, 0.6) is 0 Å². The molecule has 0 aliphatic carbocycles. The number of sulfonamides is 1. The lowest BCUT2D eigenvalue weighted by atomic mass is 9.73. The van der Waals surface area contributed by atoms with Gasteiger partial charge in [-0.15, -0.1) is 0 Å². The van der Waals surface area contributed by atoms with Crippen LogP contribution in [-0.2, 0) is 15.4 Å². The Balaban J connectivity index is 1.61. The first-order chi connectivity index (χ1) is 14.7. The van der Waals surface area contributed by atoms with Crippen molar-refractivity contribution in [3.8, 4) is 6.07 Å². The summed E-state index contributed by atoms with van der Waals surface area (Å²) in [7, 11) is -3.66. The molecule has 31 heavy (non-hydrogen) atoms. The maximum absolute atomic E-state index is 12.8. The molecule has 0 amide bonds. The van der Waals surface area contributed by atoms with E-state index in [1.165, 1.54) is 0 Å². The van der Waals surface area contributed by atoms with Crippen molar-refractivity contribution in [2.45, 2.75) is 43.5 Å². The van der Waals surface area contributed by atoms with Crippen LogP contribution in [-0.4, -0.2) is 8.42 Å². The molecule has 158 valence electrons. The average Bonchev–Trinajstić information content (AvgIpc) is 2.73. The Bertz CT molecular complexity index is 1270. The van der Waals surface area contributed by atoms with Gasteiger partial charge in [0.05, 0.1) is 22.6 Å². The summed E-state index contributed by atoms with van der Waals surface area (Å²) >= 11 is 0. The molecule has 0 spiro atoms. The van der Waals surface area contributed by atoms with Crippen LogP contribution in [0.15, 0.2) is 71.6 Å². The molecule has 1 aliphatic heterocycles. The summed E-state index contributed by atoms with van der Waals surface area (Å²) < 4.78 is 28.2. The fourth-order valence-electron chi connectivity index (χ4n) is 4.11. The van der Waals surface area contributed by atoms with Gasteiger partial charge < -0.3 is 5.32 Å². The summed E-state index contributed by atoms with van der Waals surface area (Å²) in [5, 5.41) is 12.8. The van der Waals surface area contributed by atoms with E-state index in [4.69, 9.17) is 0 Å². The first-order valence-corrected chi connectivity index (χ1v) is 11.7. The summed E-state index contributed by atoms with van der Waals surface area (Å²) in [5.74, 6) is 0. The van der Waals surface area contributed by atoms with Crippen molar-refractivity contribution in [2.75, 3.05) is 10.0 Å². The molecule has 0 aromatic heterocycles. The number of anilines is 2. The number of nitrogens with one attached hydrogen (secondary N) is 2. The second kappa shape index (κ2) is 7.75. The van der Waals surface area contributed by atoms with Gasteiger partial charge in [-0.2, -0.15) is 5.26 Å². The molecule has 0 fully saturated rings. The normalized spacial score (nSPS) is 17.2. The topological polar surface area (TPSA) is 82.0 Å². The Morgan fingerprint density at radius 3 is 2.52 bits per heavy atom. The quantitative estimate of drug-likeness (QED) is 0.571. The number of hydrogen-bond donors (Lipinski definition) is 2. The minimum Gasteiger partial charge on any atom is -0.378 e. The molecular weight excluding hydrogens is 406 g/mol. The molecule has 2 N–H and O–H groups in total. The molecule has 0 saturated heterocycles. The van der Waals surface area contributed by atoms with Crippen molar-refractivity contribution in [2.24, 2.45) is 0 Å². The molecule has 1 atom stereocenters. The van der Waals surface area contributed by atoms with Gasteiger partial charge in [0.2, 0.25) is 0 Å². The summed E-state index contributed by atoms with van der Waals surface area (Å²) in [4.78, 5) is 0.239. The van der Waals surface area contributed by atoms with E-state index in [2.05, 4.69) is 30.0 Å². The largest absolute Gasteiger partial charge is 0.378 e. The van der Waals surface area contributed by atoms with Gasteiger partial charge in [0.15, 0.2) is 0 Å². The van der Waals surface area contributed by atoms with Crippen LogP contribution in [0.3, 0.4) is 0 Å². The first kappa shape index (κ1) is 21.0. The van der Waals surface area contributed by atoms with Gasteiger partial charge >= 0.3 is 0 Å². The van der Waals surface area contributed by atoms with Gasteiger partial charge in [-0.05, 0) is 72.4 Å². The molecule has 3 aromatic rings. The van der Waals surface area contributed by atoms with Gasteiger partial charge in [-0.1, -0.05) is 43.7 Å². The Hall–Kier alpha value is -3.30. The van der Waals surface area contributed by atoms with Gasteiger partial charge in [-0.25, -0.2) is 8.42 Å². The van der Waals surface area contributed by atoms with E-state index < -0.39 is 10.0 Å². The number of hydrogen-bond acceptors (Lipinski definition) is 4. The van der Waals surface area contributed by atoms with Gasteiger partial charge in [-0.3, -0.25) is 4.72 Å². The third-order valence-corrected chi connectivity index (χ3v) is 7.19. The van der Waals surface area contributed by atoms with Crippen molar-refractivity contribution in [3.63, 3.8) is 0 Å². The zero-order chi connectivity index (χ0) is 22.2. The van der Waals surface area contributed by atoms with Crippen molar-refractivity contribution in [1.29, 1.82) is 5.26 Å². The lowest BCUT2D eigenvalue weighted by Crippen LogP contribution is -2.31. The Labute approximate surface area is 183 Å². The monoisotopic (exact) mass is 431 g/mol. The first-order valence-electron chi connectivity index (χ1n) is 10.2. The number of fused-ring (bicyclic) bond motifs is 1. The lowest BCUT2D eigenvalue weighted by molar-refractivity contribution is 0.427. The molecule has 0 saturated carbocycles. The third kappa shape index (κ3) is 4.28. The second-order valence-corrected chi connectivity index (χ2v) is 10.4. The smallest absolute Gasteiger partial charge is 0.261 e. The zero-order valence-corrected chi connectivity index (χ0v) is 18.6. The Morgan fingerprint density at radius 1 is 1.06 bits per heavy atom. The number of nitrogens with zero attached hydrogens (tertiary/aromatic N) is 1. The molecule has 1 aliphatic rings. The van der Waals surface area contributed by atoms with E-state index in [1.54, 1.807) is 30.3 Å². The van der Waals surface area contributed by atoms with Crippen molar-refractivity contribution < 1.29 is 8.42 Å². The van der Waals surface area contributed by atoms with Crippen LogP contribution >= 0.6 is 0 Å². The van der Waals surface area contributed by atoms with Crippen molar-refractivity contribution in [3.05, 3.63) is 89.0 Å². The molecule has 1 unspecified atom stereocenters. The van der Waals surface area contributed by atoms with E-state index in [9.17, 15) is 13.7 Å². The predicted molar refractivity (Wildman–Crippen MR) is 124 cm³/mol. The van der Waals surface area contributed by atoms with Crippen LogP contribution in [0.25, 0.3) is 0 Å². The second-order valence-electron chi connectivity index (χ2n) is 8.70. The highest BCUT2D eigenvalue weighted by Crippen LogP contribution is 2.44. The fraction of sp³-hybridized carbons (Fsp3) is 0.240. The summed E-state index contributed by atoms with van der Waals surface area (Å²) in [5.41, 5.74) is 5.20. The number of aryl methyl sites for hydroxylation is 1. The van der Waals surface area contributed by atoms with E-state index in [-0.39, 0.29) is 16.4 Å². The fourth-order valence-corrected chi connectivity index (χ4v) is 5.16. The highest BCUT2D eigenvalue weighted by molar-refractivity contribution is 7.92. The van der Waals surface area contributed by atoms with Crippen molar-refractivity contribution >= 4 is 21.4 Å². The highest BCUT2D eigenvalue weighted by atomic mass is 32.2. The van der Waals surface area contributed by atoms with Crippen LogP contribution < -0.4 is 10.0 Å². The third-order valence-electron chi connectivity index (χ3n) is 5.79. The van der Waals surface area contributed by atoms with E-state index in [0.717, 1.165) is 28.8 Å². The van der Waals surface area contributed by atoms with Crippen LogP contribution in [0.2, 0.25) is 0 Å². The number of benzene rings is 3. The Morgan fingerprint density at radius 2 is 1.81 bits per heavy atom. The minimum atomic E-state index is -3.66. The molecule has 1 heterocycles. The van der Waals surface area contributed by atoms with E-state index in [1.807, 2.05) is 43.3 Å². The zero-order valence-electron chi connectivity index (χ0n) is 17.8. The molecule has 4 rings (SSSR count). The minimum absolute atomic E-state index is 0.0271. The van der Waals surface area contributed by atoms with Crippen LogP contribution in [0, 0.1) is 18.3 Å². The standard InChI is InChI=1S/C25H25N3O2S/c1-17-7-10-21(11-8-17)31(29,30)28-20-6-4-5-19(14-20)24-15-25(2,3)22-13-18(16-26)9-12-23(22)27-24/h4-14,24,27-28H,15H2,1-3H3. The maximum atomic E-state index is 12.8. The molecule has 3 aromatic carbocycles. The average molecular weight is 432 g/mol. The Kier molecular flexibility index (Phi) is 5.24. The lowest BCUT2D eigenvalue weighted by Gasteiger charge is -2.39. The SMILES string of the molecule is Cc1ccc(S(=O)(=O)Nc2cccc(C3CC(C)(C)c4cc(C#N)ccc4N3)c2)cc1. The van der Waals surface area contributed by atoms with Crippen LogP contribution in [0.4, 0.5) is 11.4 Å². The van der Waals surface area contributed by atoms with Crippen LogP contribution in [0.1, 0.15) is 48.6 Å². The molecular formula is C25H25N3O2S. The number of rotatable bonds is 4. The van der Waals surface area contributed by atoms with Gasteiger partial charge in [0.25, 0.3) is 10.0 Å². The number of nitriles is 1. The predicted octanol–water partition coefficient (Wildman–Crippen LogP) is 5.50. The molecule has 0 bridgehead atoms. The summed E-state index contributed by atoms with van der Waals surface area (Å²) in [6.45, 7) is 6.26. The summed E-state index contributed by atoms with van der Waals surface area (Å²) in [6.07, 6.45) is 0.822. The highest BCUT2D eigenvalue weighted by Gasteiger charge is 2.33. The van der Waals surface area contributed by atoms with Gasteiger partial charge in [0.1, 0.15) is 0 Å². The maximum Gasteiger partial charge on any atom is 0.261 e. The molecule has 0 radical (unpaired) electrons. The molecule has 5 nitrogen and oxygen atoms in total.